The minimum atomic E-state index is -0.626. The van der Waals surface area contributed by atoms with E-state index >= 15 is 0 Å². The normalized spacial score (nSPS) is 19.1. The Hall–Kier alpha value is -2.69. The van der Waals surface area contributed by atoms with Gasteiger partial charge in [-0.1, -0.05) is 49.4 Å². The highest BCUT2D eigenvalue weighted by Crippen LogP contribution is 2.35. The number of hydrogen-bond donors (Lipinski definition) is 1. The number of nitrogens with zero attached hydrogens (tertiary/aromatic N) is 1. The largest absolute Gasteiger partial charge is 0.356 e. The standard InChI is InChI=1S/C24H29FN2O2/c1-3-22(28)27-15-7-14-24(17-27,23(29)26-4-2)16-18-10-12-19(13-11-18)20-8-5-6-9-21(20)25/h5-6,8-13H,3-4,7,14-17H2,1-2H3,(H,26,29). The summed E-state index contributed by atoms with van der Waals surface area (Å²) in [6.07, 6.45) is 2.57. The van der Waals surface area contributed by atoms with Crippen LogP contribution in [0.25, 0.3) is 11.1 Å². The molecule has 3 rings (SSSR count). The van der Waals surface area contributed by atoms with Gasteiger partial charge in [-0.2, -0.15) is 0 Å². The van der Waals surface area contributed by atoms with E-state index in [9.17, 15) is 14.0 Å². The first-order valence-electron chi connectivity index (χ1n) is 10.4. The molecule has 1 aliphatic rings. The number of carbonyl (C=O) groups is 2. The molecule has 2 aromatic carbocycles. The molecule has 154 valence electrons. The smallest absolute Gasteiger partial charge is 0.228 e. The quantitative estimate of drug-likeness (QED) is 0.796. The van der Waals surface area contributed by atoms with Crippen molar-refractivity contribution >= 4 is 11.8 Å². The highest BCUT2D eigenvalue weighted by molar-refractivity contribution is 5.85. The topological polar surface area (TPSA) is 49.4 Å². The Morgan fingerprint density at radius 1 is 1.10 bits per heavy atom. The van der Waals surface area contributed by atoms with Crippen molar-refractivity contribution in [2.75, 3.05) is 19.6 Å². The second-order valence-corrected chi connectivity index (χ2v) is 7.77. The lowest BCUT2D eigenvalue weighted by molar-refractivity contribution is -0.141. The van der Waals surface area contributed by atoms with Crippen LogP contribution in [0.1, 0.15) is 38.7 Å². The summed E-state index contributed by atoms with van der Waals surface area (Å²) in [5.41, 5.74) is 1.76. The van der Waals surface area contributed by atoms with E-state index in [2.05, 4.69) is 5.32 Å². The molecule has 1 unspecified atom stereocenters. The van der Waals surface area contributed by atoms with Crippen LogP contribution in [0.2, 0.25) is 0 Å². The summed E-state index contributed by atoms with van der Waals surface area (Å²) in [6, 6.07) is 14.4. The zero-order chi connectivity index (χ0) is 20.9. The first-order valence-corrected chi connectivity index (χ1v) is 10.4. The minimum Gasteiger partial charge on any atom is -0.356 e. The molecule has 0 spiro atoms. The molecule has 0 bridgehead atoms. The predicted octanol–water partition coefficient (Wildman–Crippen LogP) is 4.19. The molecule has 5 heteroatoms. The van der Waals surface area contributed by atoms with E-state index in [1.165, 1.54) is 6.07 Å². The zero-order valence-corrected chi connectivity index (χ0v) is 17.2. The molecule has 1 saturated heterocycles. The maximum Gasteiger partial charge on any atom is 0.228 e. The van der Waals surface area contributed by atoms with Crippen molar-refractivity contribution in [2.45, 2.75) is 39.5 Å². The predicted molar refractivity (Wildman–Crippen MR) is 113 cm³/mol. The molecule has 4 nitrogen and oxygen atoms in total. The third kappa shape index (κ3) is 4.66. The number of carbonyl (C=O) groups excluding carboxylic acids is 2. The van der Waals surface area contributed by atoms with Gasteiger partial charge in [0.15, 0.2) is 0 Å². The number of piperidine rings is 1. The van der Waals surface area contributed by atoms with Crippen molar-refractivity contribution in [3.05, 3.63) is 59.9 Å². The summed E-state index contributed by atoms with van der Waals surface area (Å²) in [5, 5.41) is 2.97. The molecule has 1 heterocycles. The monoisotopic (exact) mass is 396 g/mol. The van der Waals surface area contributed by atoms with Crippen LogP contribution < -0.4 is 5.32 Å². The molecule has 0 aromatic heterocycles. The van der Waals surface area contributed by atoms with Crippen LogP contribution >= 0.6 is 0 Å². The lowest BCUT2D eigenvalue weighted by atomic mass is 9.74. The van der Waals surface area contributed by atoms with Crippen molar-refractivity contribution in [2.24, 2.45) is 5.41 Å². The molecular weight excluding hydrogens is 367 g/mol. The van der Waals surface area contributed by atoms with Crippen LogP contribution in [0, 0.1) is 11.2 Å². The number of halogens is 1. The fourth-order valence-electron chi connectivity index (χ4n) is 4.21. The Kier molecular flexibility index (Phi) is 6.68. The van der Waals surface area contributed by atoms with Gasteiger partial charge in [0.2, 0.25) is 11.8 Å². The maximum absolute atomic E-state index is 14.1. The summed E-state index contributed by atoms with van der Waals surface area (Å²) >= 11 is 0. The van der Waals surface area contributed by atoms with Crippen LogP contribution in [-0.2, 0) is 16.0 Å². The summed E-state index contributed by atoms with van der Waals surface area (Å²) < 4.78 is 14.1. The lowest BCUT2D eigenvalue weighted by Gasteiger charge is -2.42. The number of likely N-dealkylation sites (tertiary alicyclic amines) is 1. The highest BCUT2D eigenvalue weighted by atomic mass is 19.1. The van der Waals surface area contributed by atoms with Gasteiger partial charge in [0.1, 0.15) is 5.82 Å². The van der Waals surface area contributed by atoms with Crippen LogP contribution in [0.3, 0.4) is 0 Å². The molecule has 1 aliphatic heterocycles. The van der Waals surface area contributed by atoms with Gasteiger partial charge in [0, 0.05) is 31.6 Å². The van der Waals surface area contributed by atoms with Crippen molar-refractivity contribution in [3.63, 3.8) is 0 Å². The van der Waals surface area contributed by atoms with E-state index in [0.717, 1.165) is 24.0 Å². The average Bonchev–Trinajstić information content (AvgIpc) is 2.74. The molecule has 1 fully saturated rings. The van der Waals surface area contributed by atoms with Crippen molar-refractivity contribution in [1.29, 1.82) is 0 Å². The fourth-order valence-corrected chi connectivity index (χ4v) is 4.21. The Balaban J connectivity index is 1.85. The number of nitrogens with one attached hydrogen (secondary N) is 1. The van der Waals surface area contributed by atoms with Gasteiger partial charge in [-0.05, 0) is 43.4 Å². The van der Waals surface area contributed by atoms with Crippen LogP contribution in [0.4, 0.5) is 4.39 Å². The molecule has 2 amide bonds. The minimum absolute atomic E-state index is 0.00628. The van der Waals surface area contributed by atoms with Gasteiger partial charge in [0.05, 0.1) is 5.41 Å². The molecule has 1 N–H and O–H groups in total. The summed E-state index contributed by atoms with van der Waals surface area (Å²) in [4.78, 5) is 27.1. The average molecular weight is 397 g/mol. The molecule has 0 aliphatic carbocycles. The molecule has 1 atom stereocenters. The van der Waals surface area contributed by atoms with Gasteiger partial charge < -0.3 is 10.2 Å². The van der Waals surface area contributed by atoms with E-state index in [4.69, 9.17) is 0 Å². The zero-order valence-electron chi connectivity index (χ0n) is 17.2. The first kappa shape index (κ1) is 21.0. The number of benzene rings is 2. The molecule has 2 aromatic rings. The van der Waals surface area contributed by atoms with Gasteiger partial charge in [0.25, 0.3) is 0 Å². The van der Waals surface area contributed by atoms with Crippen molar-refractivity contribution < 1.29 is 14.0 Å². The molecular formula is C24H29FN2O2. The third-order valence-corrected chi connectivity index (χ3v) is 5.73. The SMILES string of the molecule is CCNC(=O)C1(Cc2ccc(-c3ccccc3F)cc2)CCCN(C(=O)CC)C1. The van der Waals surface area contributed by atoms with Gasteiger partial charge in [-0.3, -0.25) is 9.59 Å². The van der Waals surface area contributed by atoms with Gasteiger partial charge in [-0.25, -0.2) is 4.39 Å². The highest BCUT2D eigenvalue weighted by Gasteiger charge is 2.43. The van der Waals surface area contributed by atoms with E-state index in [1.54, 1.807) is 12.1 Å². The Labute approximate surface area is 172 Å². The first-order chi connectivity index (χ1) is 14.0. The van der Waals surface area contributed by atoms with E-state index in [1.807, 2.05) is 49.1 Å². The number of amides is 2. The van der Waals surface area contributed by atoms with Crippen LogP contribution in [0.15, 0.2) is 48.5 Å². The lowest BCUT2D eigenvalue weighted by Crippen LogP contribution is -2.54. The van der Waals surface area contributed by atoms with Crippen molar-refractivity contribution in [1.82, 2.24) is 10.2 Å². The summed E-state index contributed by atoms with van der Waals surface area (Å²) in [7, 11) is 0. The second-order valence-electron chi connectivity index (χ2n) is 7.77. The Bertz CT molecular complexity index is 865. The fraction of sp³-hybridized carbons (Fsp3) is 0.417. The molecule has 29 heavy (non-hydrogen) atoms. The summed E-state index contributed by atoms with van der Waals surface area (Å²) in [5.74, 6) is -0.153. The maximum atomic E-state index is 14.1. The van der Waals surface area contributed by atoms with E-state index in [0.29, 0.717) is 38.0 Å². The van der Waals surface area contributed by atoms with E-state index < -0.39 is 5.41 Å². The van der Waals surface area contributed by atoms with Gasteiger partial charge in [-0.15, -0.1) is 0 Å². The number of hydrogen-bond acceptors (Lipinski definition) is 2. The van der Waals surface area contributed by atoms with Crippen LogP contribution in [-0.4, -0.2) is 36.3 Å². The second kappa shape index (κ2) is 9.21. The summed E-state index contributed by atoms with van der Waals surface area (Å²) in [6.45, 7) is 5.48. The Morgan fingerprint density at radius 2 is 1.83 bits per heavy atom. The third-order valence-electron chi connectivity index (χ3n) is 5.73. The Morgan fingerprint density at radius 3 is 2.48 bits per heavy atom. The molecule has 0 saturated carbocycles. The van der Waals surface area contributed by atoms with E-state index in [-0.39, 0.29) is 17.6 Å². The van der Waals surface area contributed by atoms with Gasteiger partial charge >= 0.3 is 0 Å². The van der Waals surface area contributed by atoms with Crippen molar-refractivity contribution in [3.8, 4) is 11.1 Å². The van der Waals surface area contributed by atoms with Crippen LogP contribution in [0.5, 0.6) is 0 Å². The number of rotatable bonds is 6. The molecule has 0 radical (unpaired) electrons.